The molecule has 21 heavy (non-hydrogen) atoms. The second-order valence-electron chi connectivity index (χ2n) is 4.66. The van der Waals surface area contributed by atoms with Crippen LogP contribution in [0.1, 0.15) is 13.8 Å². The van der Waals surface area contributed by atoms with E-state index in [0.29, 0.717) is 24.3 Å². The van der Waals surface area contributed by atoms with Crippen molar-refractivity contribution < 1.29 is 4.74 Å². The summed E-state index contributed by atoms with van der Waals surface area (Å²) >= 11 is 0. The molecule has 2 aromatic rings. The van der Waals surface area contributed by atoms with Gasteiger partial charge in [-0.05, 0) is 38.1 Å². The van der Waals surface area contributed by atoms with E-state index in [2.05, 4.69) is 20.3 Å². The van der Waals surface area contributed by atoms with Gasteiger partial charge < -0.3 is 15.0 Å². The van der Waals surface area contributed by atoms with Crippen LogP contribution < -0.4 is 15.0 Å². The van der Waals surface area contributed by atoms with Crippen LogP contribution in [0, 0.1) is 0 Å². The number of anilines is 2. The van der Waals surface area contributed by atoms with E-state index in [-0.39, 0.29) is 0 Å². The van der Waals surface area contributed by atoms with Gasteiger partial charge in [0.25, 0.3) is 0 Å². The first-order valence-corrected chi connectivity index (χ1v) is 7.04. The van der Waals surface area contributed by atoms with Crippen LogP contribution in [0.25, 0.3) is 11.4 Å². The molecule has 0 atom stereocenters. The minimum Gasteiger partial charge on any atom is -0.494 e. The maximum Gasteiger partial charge on any atom is 0.230 e. The van der Waals surface area contributed by atoms with Crippen molar-refractivity contribution in [3.05, 3.63) is 24.3 Å². The Hall–Kier alpha value is -2.37. The van der Waals surface area contributed by atoms with Crippen LogP contribution in [-0.4, -0.2) is 42.2 Å². The maximum atomic E-state index is 5.45. The zero-order valence-corrected chi connectivity index (χ0v) is 12.9. The first-order valence-electron chi connectivity index (χ1n) is 7.04. The Balaban J connectivity index is 2.36. The molecule has 0 spiro atoms. The molecule has 0 unspecified atom stereocenters. The van der Waals surface area contributed by atoms with Crippen molar-refractivity contribution in [2.45, 2.75) is 13.8 Å². The summed E-state index contributed by atoms with van der Waals surface area (Å²) in [6.07, 6.45) is 0. The lowest BCUT2D eigenvalue weighted by molar-refractivity contribution is 0.340. The van der Waals surface area contributed by atoms with E-state index in [1.807, 2.05) is 57.1 Å². The molecule has 6 nitrogen and oxygen atoms in total. The highest BCUT2D eigenvalue weighted by molar-refractivity contribution is 5.59. The quantitative estimate of drug-likeness (QED) is 0.880. The topological polar surface area (TPSA) is 63.2 Å². The van der Waals surface area contributed by atoms with Gasteiger partial charge in [-0.15, -0.1) is 0 Å². The fourth-order valence-corrected chi connectivity index (χ4v) is 1.80. The Kier molecular flexibility index (Phi) is 4.92. The van der Waals surface area contributed by atoms with Gasteiger partial charge in [0.05, 0.1) is 6.61 Å². The number of nitrogens with zero attached hydrogens (tertiary/aromatic N) is 4. The fraction of sp³-hybridized carbons (Fsp3) is 0.400. The van der Waals surface area contributed by atoms with Crippen molar-refractivity contribution in [1.29, 1.82) is 0 Å². The number of nitrogens with one attached hydrogen (secondary N) is 1. The smallest absolute Gasteiger partial charge is 0.230 e. The molecule has 1 aromatic carbocycles. The van der Waals surface area contributed by atoms with Gasteiger partial charge in [-0.3, -0.25) is 0 Å². The van der Waals surface area contributed by atoms with E-state index in [1.54, 1.807) is 0 Å². The second-order valence-corrected chi connectivity index (χ2v) is 4.66. The van der Waals surface area contributed by atoms with Crippen molar-refractivity contribution >= 4 is 11.9 Å². The minimum absolute atomic E-state index is 0.583. The van der Waals surface area contributed by atoms with Crippen molar-refractivity contribution in [1.82, 2.24) is 15.0 Å². The average molecular weight is 287 g/mol. The largest absolute Gasteiger partial charge is 0.494 e. The molecule has 0 saturated heterocycles. The van der Waals surface area contributed by atoms with Crippen LogP contribution in [0.15, 0.2) is 24.3 Å². The summed E-state index contributed by atoms with van der Waals surface area (Å²) in [4.78, 5) is 15.2. The predicted octanol–water partition coefficient (Wildman–Crippen LogP) is 2.44. The van der Waals surface area contributed by atoms with Gasteiger partial charge in [0.1, 0.15) is 5.75 Å². The maximum absolute atomic E-state index is 5.45. The number of rotatable bonds is 6. The lowest BCUT2D eigenvalue weighted by Crippen LogP contribution is -2.15. The summed E-state index contributed by atoms with van der Waals surface area (Å²) < 4.78 is 5.45. The van der Waals surface area contributed by atoms with E-state index >= 15 is 0 Å². The van der Waals surface area contributed by atoms with Gasteiger partial charge in [0.2, 0.25) is 11.9 Å². The highest BCUT2D eigenvalue weighted by Gasteiger charge is 2.09. The van der Waals surface area contributed by atoms with Crippen molar-refractivity contribution in [2.24, 2.45) is 0 Å². The van der Waals surface area contributed by atoms with E-state index in [0.717, 1.165) is 17.9 Å². The third kappa shape index (κ3) is 3.81. The molecule has 0 fully saturated rings. The van der Waals surface area contributed by atoms with Crippen LogP contribution in [0.4, 0.5) is 11.9 Å². The third-order valence-corrected chi connectivity index (χ3v) is 2.78. The fourth-order valence-electron chi connectivity index (χ4n) is 1.80. The molecule has 0 radical (unpaired) electrons. The van der Waals surface area contributed by atoms with Crippen LogP contribution in [0.5, 0.6) is 5.75 Å². The second kappa shape index (κ2) is 6.88. The van der Waals surface area contributed by atoms with Crippen molar-refractivity contribution in [3.63, 3.8) is 0 Å². The molecule has 0 aliphatic rings. The molecule has 0 aliphatic heterocycles. The average Bonchev–Trinajstić information content (AvgIpc) is 2.48. The summed E-state index contributed by atoms with van der Waals surface area (Å²) in [5.74, 6) is 2.70. The number of benzene rings is 1. The first kappa shape index (κ1) is 15.0. The Bertz CT molecular complexity index is 583. The van der Waals surface area contributed by atoms with Gasteiger partial charge in [0.15, 0.2) is 5.82 Å². The molecule has 0 saturated carbocycles. The predicted molar refractivity (Wildman–Crippen MR) is 84.9 cm³/mol. The first-order chi connectivity index (χ1) is 10.1. The highest BCUT2D eigenvalue weighted by atomic mass is 16.5. The van der Waals surface area contributed by atoms with Crippen molar-refractivity contribution in [3.8, 4) is 17.1 Å². The summed E-state index contributed by atoms with van der Waals surface area (Å²) in [6.45, 7) is 5.39. The molecule has 0 bridgehead atoms. The SMILES string of the molecule is CCNc1nc(-c2ccc(OCC)cc2)nc(N(C)C)n1. The van der Waals surface area contributed by atoms with Gasteiger partial charge in [0, 0.05) is 26.2 Å². The van der Waals surface area contributed by atoms with Crippen molar-refractivity contribution in [2.75, 3.05) is 37.5 Å². The van der Waals surface area contributed by atoms with Crippen LogP contribution in [0.3, 0.4) is 0 Å². The Labute approximate surface area is 125 Å². The molecule has 2 rings (SSSR count). The molecule has 0 amide bonds. The zero-order valence-electron chi connectivity index (χ0n) is 12.9. The lowest BCUT2D eigenvalue weighted by atomic mass is 10.2. The molecule has 1 aromatic heterocycles. The molecule has 112 valence electrons. The molecular formula is C15H21N5O. The molecule has 1 N–H and O–H groups in total. The van der Waals surface area contributed by atoms with E-state index in [1.165, 1.54) is 0 Å². The van der Waals surface area contributed by atoms with Crippen LogP contribution in [-0.2, 0) is 0 Å². The molecular weight excluding hydrogens is 266 g/mol. The van der Waals surface area contributed by atoms with Crippen LogP contribution in [0.2, 0.25) is 0 Å². The summed E-state index contributed by atoms with van der Waals surface area (Å²) in [5.41, 5.74) is 0.933. The monoisotopic (exact) mass is 287 g/mol. The van der Waals surface area contributed by atoms with E-state index < -0.39 is 0 Å². The molecule has 1 heterocycles. The van der Waals surface area contributed by atoms with Gasteiger partial charge >= 0.3 is 0 Å². The third-order valence-electron chi connectivity index (χ3n) is 2.78. The summed E-state index contributed by atoms with van der Waals surface area (Å²) in [6, 6.07) is 7.75. The number of hydrogen-bond donors (Lipinski definition) is 1. The van der Waals surface area contributed by atoms with Gasteiger partial charge in [-0.2, -0.15) is 15.0 Å². The number of ether oxygens (including phenoxy) is 1. The summed E-state index contributed by atoms with van der Waals surface area (Å²) in [7, 11) is 3.82. The Morgan fingerprint density at radius 3 is 2.33 bits per heavy atom. The van der Waals surface area contributed by atoms with Crippen LogP contribution >= 0.6 is 0 Å². The molecule has 6 heteroatoms. The normalized spacial score (nSPS) is 10.3. The lowest BCUT2D eigenvalue weighted by Gasteiger charge is -2.13. The minimum atomic E-state index is 0.583. The Morgan fingerprint density at radius 1 is 1.05 bits per heavy atom. The standard InChI is InChI=1S/C15H21N5O/c1-5-16-14-17-13(18-15(19-14)20(3)4)11-7-9-12(10-8-11)21-6-2/h7-10H,5-6H2,1-4H3,(H,16,17,18,19). The van der Waals surface area contributed by atoms with E-state index in [4.69, 9.17) is 4.74 Å². The van der Waals surface area contributed by atoms with Gasteiger partial charge in [-0.1, -0.05) is 0 Å². The van der Waals surface area contributed by atoms with Gasteiger partial charge in [-0.25, -0.2) is 0 Å². The highest BCUT2D eigenvalue weighted by Crippen LogP contribution is 2.21. The zero-order chi connectivity index (χ0) is 15.2. The van der Waals surface area contributed by atoms with E-state index in [9.17, 15) is 0 Å². The number of hydrogen-bond acceptors (Lipinski definition) is 6. The number of aromatic nitrogens is 3. The Morgan fingerprint density at radius 2 is 1.76 bits per heavy atom. The summed E-state index contributed by atoms with van der Waals surface area (Å²) in [5, 5.41) is 3.13. The molecule has 0 aliphatic carbocycles.